The van der Waals surface area contributed by atoms with E-state index in [1.165, 1.54) is 12.1 Å². The predicted molar refractivity (Wildman–Crippen MR) is 252 cm³/mol. The molecule has 8 aromatic carbocycles. The molecule has 8 heteroatoms. The Kier molecular flexibility index (Phi) is 8.86. The van der Waals surface area contributed by atoms with Gasteiger partial charge in [0.1, 0.15) is 23.6 Å². The predicted octanol–water partition coefficient (Wildman–Crippen LogP) is 13.4. The molecular formula is C57H41N3O4S. The van der Waals surface area contributed by atoms with Gasteiger partial charge in [0.25, 0.3) is 0 Å². The van der Waals surface area contributed by atoms with Crippen molar-refractivity contribution in [3.63, 3.8) is 0 Å². The van der Waals surface area contributed by atoms with Crippen LogP contribution in [0.3, 0.4) is 0 Å². The molecule has 0 unspecified atom stereocenters. The largest absolute Gasteiger partial charge is 0.457 e. The van der Waals surface area contributed by atoms with Gasteiger partial charge in [0, 0.05) is 22.3 Å². The number of nitrogens with zero attached hydrogens (tertiary/aromatic N) is 3. The summed E-state index contributed by atoms with van der Waals surface area (Å²) >= 11 is 0. The molecule has 0 bridgehead atoms. The van der Waals surface area contributed by atoms with Crippen LogP contribution in [0.2, 0.25) is 0 Å². The summed E-state index contributed by atoms with van der Waals surface area (Å²) in [5.41, 5.74) is 6.83. The molecule has 0 saturated carbocycles. The minimum absolute atomic E-state index is 0.0187. The maximum Gasteiger partial charge on any atom is 0.208 e. The molecule has 1 spiro atoms. The van der Waals surface area contributed by atoms with E-state index >= 15 is 8.42 Å². The fourth-order valence-corrected chi connectivity index (χ4v) is 12.6. The second kappa shape index (κ2) is 14.4. The molecule has 0 amide bonds. The Morgan fingerprint density at radius 3 is 1.43 bits per heavy atom. The van der Waals surface area contributed by atoms with Crippen molar-refractivity contribution in [2.24, 2.45) is 0 Å². The van der Waals surface area contributed by atoms with E-state index in [-0.39, 0.29) is 20.9 Å². The van der Waals surface area contributed by atoms with Gasteiger partial charge < -0.3 is 14.4 Å². The van der Waals surface area contributed by atoms with Crippen LogP contribution in [0.4, 0.5) is 17.1 Å². The summed E-state index contributed by atoms with van der Waals surface area (Å²) < 4.78 is 43.8. The molecular weight excluding hydrogens is 823 g/mol. The van der Waals surface area contributed by atoms with Crippen molar-refractivity contribution in [3.05, 3.63) is 220 Å². The average molecular weight is 864 g/mol. The van der Waals surface area contributed by atoms with Crippen LogP contribution in [0, 0.1) is 22.7 Å². The zero-order valence-electron chi connectivity index (χ0n) is 36.1. The van der Waals surface area contributed by atoms with Crippen LogP contribution >= 0.6 is 0 Å². The minimum Gasteiger partial charge on any atom is -0.457 e. The number of fused-ring (bicyclic) bond motifs is 9. The van der Waals surface area contributed by atoms with Gasteiger partial charge in [-0.05, 0) is 110 Å². The van der Waals surface area contributed by atoms with Gasteiger partial charge in [-0.15, -0.1) is 0 Å². The van der Waals surface area contributed by atoms with E-state index in [4.69, 9.17) is 9.47 Å². The highest BCUT2D eigenvalue weighted by molar-refractivity contribution is 7.91. The van der Waals surface area contributed by atoms with E-state index in [9.17, 15) is 10.5 Å². The first-order valence-corrected chi connectivity index (χ1v) is 23.0. The molecule has 0 fully saturated rings. The summed E-state index contributed by atoms with van der Waals surface area (Å²) in [6.07, 6.45) is 0. The van der Waals surface area contributed by atoms with Gasteiger partial charge >= 0.3 is 0 Å². The summed E-state index contributed by atoms with van der Waals surface area (Å²) in [7, 11) is -4.38. The highest BCUT2D eigenvalue weighted by atomic mass is 32.2. The van der Waals surface area contributed by atoms with Gasteiger partial charge in [-0.1, -0.05) is 127 Å². The molecule has 0 aliphatic carbocycles. The molecule has 11 rings (SSSR count). The molecule has 8 aromatic rings. The maximum absolute atomic E-state index is 15.1. The second-order valence-electron chi connectivity index (χ2n) is 17.7. The Labute approximate surface area is 378 Å². The molecule has 0 saturated heterocycles. The van der Waals surface area contributed by atoms with E-state index in [1.54, 1.807) is 18.2 Å². The number of benzene rings is 8. The minimum atomic E-state index is -4.38. The van der Waals surface area contributed by atoms with Crippen molar-refractivity contribution >= 4 is 26.9 Å². The lowest BCUT2D eigenvalue weighted by molar-refractivity contribution is -0.105. The van der Waals surface area contributed by atoms with Crippen LogP contribution in [-0.2, 0) is 31.2 Å². The van der Waals surface area contributed by atoms with Crippen molar-refractivity contribution in [3.8, 4) is 45.9 Å². The van der Waals surface area contributed by atoms with Crippen LogP contribution in [0.25, 0.3) is 22.3 Å². The first-order chi connectivity index (χ1) is 31.4. The van der Waals surface area contributed by atoms with E-state index < -0.39 is 26.5 Å². The SMILES string of the molecule is CC1(C)OC(C)(C)c2c1c(N1c3ccc(-c4ccccc4)cc3C3(c4ccccc4Oc4ccccc43)c3cc(-c4ccccc4)ccc31)c(C#N)c(C#N)c2S(=O)(=O)c1ccccc1. The first-order valence-electron chi connectivity index (χ1n) is 21.5. The summed E-state index contributed by atoms with van der Waals surface area (Å²) in [5.74, 6) is 1.42. The van der Waals surface area contributed by atoms with Crippen LogP contribution in [-0.4, -0.2) is 8.42 Å². The quantitative estimate of drug-likeness (QED) is 0.170. The Balaban J connectivity index is 1.35. The van der Waals surface area contributed by atoms with Crippen LogP contribution in [0.15, 0.2) is 186 Å². The fourth-order valence-electron chi connectivity index (χ4n) is 10.8. The third-order valence-corrected chi connectivity index (χ3v) is 15.0. The monoisotopic (exact) mass is 863 g/mol. The van der Waals surface area contributed by atoms with Crippen LogP contribution in [0.1, 0.15) is 72.2 Å². The van der Waals surface area contributed by atoms with Crippen LogP contribution < -0.4 is 9.64 Å². The summed E-state index contributed by atoms with van der Waals surface area (Å²) in [4.78, 5) is 1.89. The Morgan fingerprint density at radius 2 is 0.938 bits per heavy atom. The topological polar surface area (TPSA) is 103 Å². The standard InChI is InChI=1S/C57H41N3O4S/c1-55(2)51-52(56(3,4)64-55)54(65(61,62)40-22-12-7-13-23-40)42(35-59)41(34-58)53(51)60-47-30-28-38(36-18-8-5-9-19-36)32-45(47)57(46-33-39(29-31-48(46)60)37-20-10-6-11-21-37)43-24-14-16-26-49(43)63-50-27-17-15-25-44(50)57/h5-33H,1-4H3. The molecule has 0 atom stereocenters. The third kappa shape index (κ3) is 5.71. The lowest BCUT2D eigenvalue weighted by Gasteiger charge is -2.49. The van der Waals surface area contributed by atoms with Crippen molar-refractivity contribution in [2.45, 2.75) is 54.1 Å². The number of nitriles is 2. The molecule has 0 aromatic heterocycles. The highest BCUT2D eigenvalue weighted by Gasteiger charge is 2.55. The lowest BCUT2D eigenvalue weighted by Crippen LogP contribution is -2.40. The molecule has 314 valence electrons. The van der Waals surface area contributed by atoms with Gasteiger partial charge in [-0.2, -0.15) is 10.5 Å². The van der Waals surface area contributed by atoms with Crippen molar-refractivity contribution in [2.75, 3.05) is 4.90 Å². The summed E-state index contributed by atoms with van der Waals surface area (Å²) in [5, 5.41) is 22.8. The summed E-state index contributed by atoms with van der Waals surface area (Å²) in [6, 6.07) is 62.4. The molecule has 3 heterocycles. The van der Waals surface area contributed by atoms with Crippen molar-refractivity contribution in [1.82, 2.24) is 0 Å². The number of para-hydroxylation sites is 2. The molecule has 3 aliphatic heterocycles. The molecule has 0 N–H and O–H groups in total. The first kappa shape index (κ1) is 40.1. The Hall–Kier alpha value is -7.75. The number of anilines is 3. The van der Waals surface area contributed by atoms with E-state index in [0.717, 1.165) is 55.9 Å². The average Bonchev–Trinajstić information content (AvgIpc) is 3.53. The van der Waals surface area contributed by atoms with Gasteiger partial charge in [0.15, 0.2) is 0 Å². The second-order valence-corrected chi connectivity index (χ2v) is 19.6. The van der Waals surface area contributed by atoms with Gasteiger partial charge in [-0.25, -0.2) is 8.42 Å². The summed E-state index contributed by atoms with van der Waals surface area (Å²) in [6.45, 7) is 7.49. The highest BCUT2D eigenvalue weighted by Crippen LogP contribution is 2.66. The molecule has 3 aliphatic rings. The zero-order valence-corrected chi connectivity index (χ0v) is 36.9. The van der Waals surface area contributed by atoms with Crippen molar-refractivity contribution in [1.29, 1.82) is 10.5 Å². The molecule has 7 nitrogen and oxygen atoms in total. The van der Waals surface area contributed by atoms with E-state index in [0.29, 0.717) is 28.3 Å². The molecule has 0 radical (unpaired) electrons. The van der Waals surface area contributed by atoms with Gasteiger partial charge in [0.2, 0.25) is 9.84 Å². The number of sulfone groups is 1. The lowest BCUT2D eigenvalue weighted by atomic mass is 9.60. The van der Waals surface area contributed by atoms with Crippen LogP contribution in [0.5, 0.6) is 11.5 Å². The molecule has 65 heavy (non-hydrogen) atoms. The Bertz CT molecular complexity index is 3340. The third-order valence-electron chi connectivity index (χ3n) is 13.2. The van der Waals surface area contributed by atoms with Crippen molar-refractivity contribution < 1.29 is 17.9 Å². The Morgan fingerprint density at radius 1 is 0.492 bits per heavy atom. The van der Waals surface area contributed by atoms with E-state index in [1.807, 2.05) is 100 Å². The van der Waals surface area contributed by atoms with Gasteiger partial charge in [-0.3, -0.25) is 0 Å². The van der Waals surface area contributed by atoms with E-state index in [2.05, 4.69) is 89.8 Å². The number of ether oxygens (including phenoxy) is 2. The maximum atomic E-state index is 15.1. The smallest absolute Gasteiger partial charge is 0.208 e. The normalized spacial score (nSPS) is 15.6. The number of hydrogen-bond donors (Lipinski definition) is 0. The number of rotatable bonds is 5. The number of hydrogen-bond acceptors (Lipinski definition) is 7. The zero-order chi connectivity index (χ0) is 44.9. The fraction of sp³-hybridized carbons (Fsp3) is 0.123. The van der Waals surface area contributed by atoms with Gasteiger partial charge in [0.05, 0.1) is 54.6 Å².